The van der Waals surface area contributed by atoms with Gasteiger partial charge in [0.2, 0.25) is 0 Å². The highest BCUT2D eigenvalue weighted by atomic mass is 15.0. The Hall–Kier alpha value is -1.35. The fourth-order valence-electron chi connectivity index (χ4n) is 1.85. The summed E-state index contributed by atoms with van der Waals surface area (Å²) in [6.07, 6.45) is 1.87. The second-order valence-corrected chi connectivity index (χ2v) is 5.18. The van der Waals surface area contributed by atoms with Gasteiger partial charge in [-0.15, -0.1) is 0 Å². The van der Waals surface area contributed by atoms with Crippen LogP contribution in [0.3, 0.4) is 0 Å². The topological polar surface area (TPSA) is 43.8 Å². The molecule has 3 nitrogen and oxygen atoms in total. The summed E-state index contributed by atoms with van der Waals surface area (Å²) in [7, 11) is 0. The molecular formula is C13H19N3. The molecule has 1 heterocycles. The maximum absolute atomic E-state index is 5.56. The molecule has 0 aliphatic rings. The largest absolute Gasteiger partial charge is 0.329 e. The van der Waals surface area contributed by atoms with Gasteiger partial charge in [0.25, 0.3) is 0 Å². The summed E-state index contributed by atoms with van der Waals surface area (Å²) < 4.78 is 2.10. The fourth-order valence-corrected chi connectivity index (χ4v) is 1.85. The van der Waals surface area contributed by atoms with Crippen molar-refractivity contribution in [2.24, 2.45) is 5.73 Å². The summed E-state index contributed by atoms with van der Waals surface area (Å²) in [6.45, 7) is 8.11. The van der Waals surface area contributed by atoms with E-state index in [9.17, 15) is 0 Å². The van der Waals surface area contributed by atoms with Crippen molar-refractivity contribution < 1.29 is 0 Å². The van der Waals surface area contributed by atoms with Crippen molar-refractivity contribution in [2.75, 3.05) is 6.54 Å². The van der Waals surface area contributed by atoms with Crippen LogP contribution in [-0.4, -0.2) is 16.1 Å². The molecule has 2 rings (SSSR count). The van der Waals surface area contributed by atoms with Crippen LogP contribution in [0, 0.1) is 0 Å². The summed E-state index contributed by atoms with van der Waals surface area (Å²) in [6, 6.07) is 6.48. The van der Waals surface area contributed by atoms with Crippen LogP contribution in [0.15, 0.2) is 24.5 Å². The van der Waals surface area contributed by atoms with Crippen LogP contribution >= 0.6 is 0 Å². The van der Waals surface area contributed by atoms with E-state index in [1.165, 1.54) is 11.1 Å². The zero-order chi connectivity index (χ0) is 11.8. The van der Waals surface area contributed by atoms with Gasteiger partial charge in [-0.1, -0.05) is 26.8 Å². The van der Waals surface area contributed by atoms with Gasteiger partial charge in [0.15, 0.2) is 0 Å². The molecule has 0 spiro atoms. The van der Waals surface area contributed by atoms with Crippen molar-refractivity contribution in [3.63, 3.8) is 0 Å². The van der Waals surface area contributed by atoms with Crippen LogP contribution in [-0.2, 0) is 12.0 Å². The molecule has 0 unspecified atom stereocenters. The smallest absolute Gasteiger partial charge is 0.0958 e. The molecule has 86 valence electrons. The zero-order valence-electron chi connectivity index (χ0n) is 10.2. The summed E-state index contributed by atoms with van der Waals surface area (Å²) >= 11 is 0. The minimum atomic E-state index is 0.172. The second-order valence-electron chi connectivity index (χ2n) is 5.18. The van der Waals surface area contributed by atoms with E-state index in [1.807, 2.05) is 6.33 Å². The molecular weight excluding hydrogens is 198 g/mol. The van der Waals surface area contributed by atoms with Gasteiger partial charge in [-0.25, -0.2) is 4.98 Å². The summed E-state index contributed by atoms with van der Waals surface area (Å²) in [4.78, 5) is 4.42. The van der Waals surface area contributed by atoms with E-state index >= 15 is 0 Å². The molecule has 0 saturated carbocycles. The van der Waals surface area contributed by atoms with Crippen LogP contribution in [0.25, 0.3) is 11.0 Å². The van der Waals surface area contributed by atoms with E-state index in [1.54, 1.807) is 0 Å². The number of nitrogens with zero attached hydrogens (tertiary/aromatic N) is 2. The Kier molecular flexibility index (Phi) is 2.72. The normalized spacial score (nSPS) is 12.2. The minimum absolute atomic E-state index is 0.172. The third-order valence-electron chi connectivity index (χ3n) is 2.86. The lowest BCUT2D eigenvalue weighted by molar-refractivity contribution is 0.591. The molecule has 0 radical (unpaired) electrons. The Bertz CT molecular complexity index is 491. The number of imidazole rings is 1. The SMILES string of the molecule is CC(C)(C)c1ccc2c(c1)ncn2CCN. The molecule has 1 aromatic carbocycles. The number of hydrogen-bond acceptors (Lipinski definition) is 2. The average molecular weight is 217 g/mol. The van der Waals surface area contributed by atoms with Crippen LogP contribution in [0.1, 0.15) is 26.3 Å². The highest BCUT2D eigenvalue weighted by Gasteiger charge is 2.14. The van der Waals surface area contributed by atoms with Crippen molar-refractivity contribution in [1.82, 2.24) is 9.55 Å². The standard InChI is InChI=1S/C13H19N3/c1-13(2,3)10-4-5-12-11(8-10)15-9-16(12)7-6-14/h4-5,8-9H,6-7,14H2,1-3H3. The Labute approximate surface area is 96.3 Å². The number of rotatable bonds is 2. The predicted molar refractivity (Wildman–Crippen MR) is 67.5 cm³/mol. The van der Waals surface area contributed by atoms with Crippen molar-refractivity contribution in [1.29, 1.82) is 0 Å². The highest BCUT2D eigenvalue weighted by molar-refractivity contribution is 5.76. The first-order valence-electron chi connectivity index (χ1n) is 5.68. The van der Waals surface area contributed by atoms with Gasteiger partial charge < -0.3 is 10.3 Å². The highest BCUT2D eigenvalue weighted by Crippen LogP contribution is 2.25. The lowest BCUT2D eigenvalue weighted by Crippen LogP contribution is -2.11. The summed E-state index contributed by atoms with van der Waals surface area (Å²) in [5.41, 5.74) is 9.27. The number of hydrogen-bond donors (Lipinski definition) is 1. The van der Waals surface area contributed by atoms with Crippen LogP contribution in [0.5, 0.6) is 0 Å². The monoisotopic (exact) mass is 217 g/mol. The van der Waals surface area contributed by atoms with E-state index < -0.39 is 0 Å². The van der Waals surface area contributed by atoms with E-state index in [2.05, 4.69) is 48.5 Å². The van der Waals surface area contributed by atoms with Crippen LogP contribution < -0.4 is 5.73 Å². The van der Waals surface area contributed by atoms with Gasteiger partial charge in [-0.3, -0.25) is 0 Å². The zero-order valence-corrected chi connectivity index (χ0v) is 10.2. The average Bonchev–Trinajstić information content (AvgIpc) is 2.60. The van der Waals surface area contributed by atoms with Gasteiger partial charge >= 0.3 is 0 Å². The van der Waals surface area contributed by atoms with E-state index in [4.69, 9.17) is 5.73 Å². The number of nitrogens with two attached hydrogens (primary N) is 1. The third-order valence-corrected chi connectivity index (χ3v) is 2.86. The third kappa shape index (κ3) is 1.95. The van der Waals surface area contributed by atoms with Crippen molar-refractivity contribution in [3.8, 4) is 0 Å². The van der Waals surface area contributed by atoms with E-state index in [0.717, 1.165) is 12.1 Å². The Morgan fingerprint density at radius 2 is 2.06 bits per heavy atom. The summed E-state index contributed by atoms with van der Waals surface area (Å²) in [5.74, 6) is 0. The summed E-state index contributed by atoms with van der Waals surface area (Å²) in [5, 5.41) is 0. The molecule has 0 saturated heterocycles. The number of benzene rings is 1. The van der Waals surface area contributed by atoms with Crippen LogP contribution in [0.2, 0.25) is 0 Å². The Morgan fingerprint density at radius 3 is 2.69 bits per heavy atom. The molecule has 16 heavy (non-hydrogen) atoms. The first-order chi connectivity index (χ1) is 7.52. The van der Waals surface area contributed by atoms with Crippen molar-refractivity contribution in [3.05, 3.63) is 30.1 Å². The van der Waals surface area contributed by atoms with Gasteiger partial charge in [0, 0.05) is 13.1 Å². The van der Waals surface area contributed by atoms with Crippen molar-refractivity contribution >= 4 is 11.0 Å². The fraction of sp³-hybridized carbons (Fsp3) is 0.462. The second kappa shape index (κ2) is 3.91. The molecule has 1 aromatic heterocycles. The minimum Gasteiger partial charge on any atom is -0.329 e. The number of fused-ring (bicyclic) bond motifs is 1. The molecule has 0 aliphatic carbocycles. The molecule has 2 aromatic rings. The first kappa shape index (κ1) is 11.1. The Balaban J connectivity index is 2.49. The Morgan fingerprint density at radius 1 is 1.31 bits per heavy atom. The molecule has 0 atom stereocenters. The number of aromatic nitrogens is 2. The van der Waals surface area contributed by atoms with E-state index in [0.29, 0.717) is 6.54 Å². The van der Waals surface area contributed by atoms with Gasteiger partial charge in [0.05, 0.1) is 17.4 Å². The quantitative estimate of drug-likeness (QED) is 0.838. The molecule has 0 bridgehead atoms. The van der Waals surface area contributed by atoms with Gasteiger partial charge in [-0.05, 0) is 23.1 Å². The molecule has 2 N–H and O–H groups in total. The maximum atomic E-state index is 5.56. The molecule has 0 fully saturated rings. The van der Waals surface area contributed by atoms with Crippen molar-refractivity contribution in [2.45, 2.75) is 32.7 Å². The maximum Gasteiger partial charge on any atom is 0.0958 e. The van der Waals surface area contributed by atoms with Crippen LogP contribution in [0.4, 0.5) is 0 Å². The lowest BCUT2D eigenvalue weighted by atomic mass is 9.87. The first-order valence-corrected chi connectivity index (χ1v) is 5.68. The lowest BCUT2D eigenvalue weighted by Gasteiger charge is -2.18. The molecule has 0 aliphatic heterocycles. The van der Waals surface area contributed by atoms with Gasteiger partial charge in [0.1, 0.15) is 0 Å². The predicted octanol–water partition coefficient (Wildman–Crippen LogP) is 2.29. The molecule has 3 heteroatoms. The van der Waals surface area contributed by atoms with E-state index in [-0.39, 0.29) is 5.41 Å². The molecule has 0 amide bonds. The van der Waals surface area contributed by atoms with Gasteiger partial charge in [-0.2, -0.15) is 0 Å².